The molecule has 0 bridgehead atoms. The van der Waals surface area contributed by atoms with Crippen LogP contribution in [-0.2, 0) is 24.2 Å². The van der Waals surface area contributed by atoms with Crippen molar-refractivity contribution in [2.75, 3.05) is 6.16 Å². The van der Waals surface area contributed by atoms with Crippen molar-refractivity contribution in [3.05, 3.63) is 35.0 Å². The number of benzene rings is 1. The van der Waals surface area contributed by atoms with Crippen LogP contribution in [0.2, 0.25) is 0 Å². The highest BCUT2D eigenvalue weighted by molar-refractivity contribution is 7.51. The van der Waals surface area contributed by atoms with Gasteiger partial charge in [0.1, 0.15) is 5.69 Å². The van der Waals surface area contributed by atoms with Gasteiger partial charge in [-0.2, -0.15) is 13.2 Å². The summed E-state index contributed by atoms with van der Waals surface area (Å²) in [6, 6.07) is 2.95. The molecule has 1 amide bonds. The lowest BCUT2D eigenvalue weighted by Crippen LogP contribution is -2.36. The molecule has 0 fully saturated rings. The van der Waals surface area contributed by atoms with Crippen LogP contribution in [-0.4, -0.2) is 32.4 Å². The molecule has 8 nitrogen and oxygen atoms in total. The predicted octanol–water partition coefficient (Wildman–Crippen LogP) is 1.54. The number of nitrogens with two attached hydrogens (primary N) is 1. The van der Waals surface area contributed by atoms with E-state index in [2.05, 4.69) is 0 Å². The van der Waals surface area contributed by atoms with E-state index in [1.54, 1.807) is 0 Å². The smallest absolute Gasteiger partial charge is 0.370 e. The molecule has 1 aromatic heterocycles. The number of alkyl halides is 3. The van der Waals surface area contributed by atoms with Crippen molar-refractivity contribution in [3.8, 4) is 0 Å². The maximum Gasteiger partial charge on any atom is 0.417 e. The van der Waals surface area contributed by atoms with Crippen LogP contribution in [0.5, 0.6) is 0 Å². The van der Waals surface area contributed by atoms with Crippen molar-refractivity contribution in [2.24, 2.45) is 12.8 Å². The van der Waals surface area contributed by atoms with Crippen LogP contribution in [0.3, 0.4) is 0 Å². The quantitative estimate of drug-likeness (QED) is 0.305. The normalized spacial score (nSPS) is 12.4. The molecule has 0 aliphatic rings. The van der Waals surface area contributed by atoms with Crippen LogP contribution in [0.25, 0.3) is 10.9 Å². The van der Waals surface area contributed by atoms with Crippen molar-refractivity contribution >= 4 is 30.4 Å². The van der Waals surface area contributed by atoms with E-state index < -0.39 is 37.4 Å². The van der Waals surface area contributed by atoms with Gasteiger partial charge in [-0.25, -0.2) is 0 Å². The zero-order chi connectivity index (χ0) is 19.9. The minimum absolute atomic E-state index is 0.0296. The Labute approximate surface area is 145 Å². The molecule has 0 unspecified atom stereocenters. The number of rotatable bonds is 4. The van der Waals surface area contributed by atoms with Gasteiger partial charge >= 0.3 is 13.8 Å². The molecule has 2 aromatic rings. The number of carbonyl (C=O) groups excluding carboxylic acids is 1. The van der Waals surface area contributed by atoms with E-state index >= 15 is 0 Å². The van der Waals surface area contributed by atoms with E-state index in [1.807, 2.05) is 5.32 Å². The first-order chi connectivity index (χ1) is 11.8. The molecular weight excluding hydrogens is 376 g/mol. The van der Waals surface area contributed by atoms with E-state index in [0.717, 1.165) is 18.2 Å². The Morgan fingerprint density at radius 1 is 1.38 bits per heavy atom. The molecule has 0 aliphatic heterocycles. The Morgan fingerprint density at radius 3 is 2.50 bits per heavy atom. The number of nitrogens with one attached hydrogen (secondary N) is 2. The van der Waals surface area contributed by atoms with E-state index in [4.69, 9.17) is 20.9 Å². The molecule has 2 rings (SSSR count). The Hall–Kier alpha value is -2.36. The molecular formula is C14H16F3N4O4P. The van der Waals surface area contributed by atoms with Crippen LogP contribution in [0.15, 0.2) is 18.2 Å². The maximum atomic E-state index is 13.3. The number of halogens is 3. The largest absolute Gasteiger partial charge is 0.417 e. The van der Waals surface area contributed by atoms with Gasteiger partial charge in [-0.15, -0.1) is 0 Å². The molecule has 0 atom stereocenters. The molecule has 1 heterocycles. The number of hydrogen-bond acceptors (Lipinski definition) is 3. The number of aromatic nitrogens is 1. The van der Waals surface area contributed by atoms with Gasteiger partial charge in [0.2, 0.25) is 0 Å². The van der Waals surface area contributed by atoms with Crippen LogP contribution < -0.4 is 11.1 Å². The molecule has 142 valence electrons. The van der Waals surface area contributed by atoms with Crippen LogP contribution >= 0.6 is 7.60 Å². The number of nitrogens with zero attached hydrogens (tertiary/aromatic N) is 1. The van der Waals surface area contributed by atoms with Gasteiger partial charge in [-0.3, -0.25) is 20.1 Å². The number of fused-ring (bicyclic) bond motifs is 1. The second kappa shape index (κ2) is 6.75. The molecule has 0 aliphatic carbocycles. The lowest BCUT2D eigenvalue weighted by molar-refractivity contribution is -0.136. The standard InChI is InChI=1S/C14H16F3N4O4P/c1-21-10(12(22)20-13(18)19)6-8-9(14(15,16)17)3-2-7(11(8)21)4-5-26(23,24)25/h2-3,6H,4-5H2,1H3,(H2,23,24,25)(H4,18,19,20,22). The van der Waals surface area contributed by atoms with E-state index in [-0.39, 0.29) is 28.6 Å². The van der Waals surface area contributed by atoms with Gasteiger partial charge in [0.25, 0.3) is 5.91 Å². The number of guanidine groups is 1. The summed E-state index contributed by atoms with van der Waals surface area (Å²) < 4.78 is 52.1. The second-order valence-electron chi connectivity index (χ2n) is 5.63. The Balaban J connectivity index is 2.68. The third-order valence-electron chi connectivity index (χ3n) is 3.74. The van der Waals surface area contributed by atoms with Crippen molar-refractivity contribution in [2.45, 2.75) is 12.6 Å². The second-order valence-corrected chi connectivity index (χ2v) is 7.40. The number of aryl methyl sites for hydroxylation is 2. The highest BCUT2D eigenvalue weighted by Gasteiger charge is 2.34. The lowest BCUT2D eigenvalue weighted by atomic mass is 10.0. The first-order valence-electron chi connectivity index (χ1n) is 7.19. The van der Waals surface area contributed by atoms with Gasteiger partial charge in [0.15, 0.2) is 5.96 Å². The fraction of sp³-hybridized carbons (Fsp3) is 0.286. The summed E-state index contributed by atoms with van der Waals surface area (Å²) in [7, 11) is -3.01. The molecule has 6 N–H and O–H groups in total. The van der Waals surface area contributed by atoms with E-state index in [1.165, 1.54) is 11.6 Å². The summed E-state index contributed by atoms with van der Waals surface area (Å²) in [5, 5.41) is 8.78. The number of hydrogen-bond donors (Lipinski definition) is 5. The van der Waals surface area contributed by atoms with Gasteiger partial charge in [-0.1, -0.05) is 6.07 Å². The van der Waals surface area contributed by atoms with Crippen LogP contribution in [0, 0.1) is 5.41 Å². The SMILES string of the molecule is Cn1c(C(=O)NC(=N)N)cc2c(C(F)(F)F)ccc(CCP(=O)(O)O)c21. The molecule has 26 heavy (non-hydrogen) atoms. The van der Waals surface area contributed by atoms with Gasteiger partial charge in [-0.05, 0) is 24.1 Å². The van der Waals surface area contributed by atoms with Crippen molar-refractivity contribution in [1.82, 2.24) is 9.88 Å². The summed E-state index contributed by atoms with van der Waals surface area (Å²) in [6.45, 7) is 0. The third-order valence-corrected chi connectivity index (χ3v) is 4.54. The average molecular weight is 392 g/mol. The maximum absolute atomic E-state index is 13.3. The minimum Gasteiger partial charge on any atom is -0.370 e. The minimum atomic E-state index is -4.68. The predicted molar refractivity (Wildman–Crippen MR) is 87.9 cm³/mol. The summed E-state index contributed by atoms with van der Waals surface area (Å²) in [4.78, 5) is 30.1. The van der Waals surface area contributed by atoms with E-state index in [9.17, 15) is 22.5 Å². The Bertz CT molecular complexity index is 932. The van der Waals surface area contributed by atoms with Crippen LogP contribution in [0.1, 0.15) is 21.6 Å². The van der Waals surface area contributed by atoms with Crippen LogP contribution in [0.4, 0.5) is 13.2 Å². The monoisotopic (exact) mass is 392 g/mol. The highest BCUT2D eigenvalue weighted by atomic mass is 31.2. The fourth-order valence-corrected chi connectivity index (χ4v) is 3.20. The zero-order valence-electron chi connectivity index (χ0n) is 13.5. The van der Waals surface area contributed by atoms with Crippen molar-refractivity contribution in [1.29, 1.82) is 5.41 Å². The molecule has 0 saturated heterocycles. The number of amides is 1. The summed E-state index contributed by atoms with van der Waals surface area (Å²) in [5.74, 6) is -1.54. The van der Waals surface area contributed by atoms with Gasteiger partial charge < -0.3 is 20.1 Å². The third kappa shape index (κ3) is 4.24. The molecule has 0 radical (unpaired) electrons. The molecule has 0 spiro atoms. The fourth-order valence-electron chi connectivity index (χ4n) is 2.67. The zero-order valence-corrected chi connectivity index (χ0v) is 14.4. The average Bonchev–Trinajstić information content (AvgIpc) is 2.80. The van der Waals surface area contributed by atoms with Crippen molar-refractivity contribution < 1.29 is 32.3 Å². The number of carbonyl (C=O) groups is 1. The van der Waals surface area contributed by atoms with Gasteiger partial charge in [0.05, 0.1) is 17.2 Å². The summed E-state index contributed by atoms with van der Waals surface area (Å²) in [6.07, 6.45) is -5.41. The summed E-state index contributed by atoms with van der Waals surface area (Å²) >= 11 is 0. The van der Waals surface area contributed by atoms with Gasteiger partial charge in [0, 0.05) is 12.4 Å². The molecule has 0 saturated carbocycles. The topological polar surface area (TPSA) is 141 Å². The Morgan fingerprint density at radius 2 is 2.00 bits per heavy atom. The Kier molecular flexibility index (Phi) is 5.18. The summed E-state index contributed by atoms with van der Waals surface area (Å²) in [5.41, 5.74) is 4.20. The first-order valence-corrected chi connectivity index (χ1v) is 8.99. The van der Waals surface area contributed by atoms with Crippen molar-refractivity contribution in [3.63, 3.8) is 0 Å². The highest BCUT2D eigenvalue weighted by Crippen LogP contribution is 2.39. The molecule has 12 heteroatoms. The molecule has 1 aromatic carbocycles. The van der Waals surface area contributed by atoms with E-state index in [0.29, 0.717) is 0 Å². The first kappa shape index (κ1) is 20.0. The lowest BCUT2D eigenvalue weighted by Gasteiger charge is -2.13.